The molecule has 1 aromatic heterocycles. The fraction of sp³-hybridized carbons (Fsp3) is 0.733. The molecule has 1 aromatic rings. The summed E-state index contributed by atoms with van der Waals surface area (Å²) in [5.41, 5.74) is 0.300. The molecule has 1 amide bonds. The van der Waals surface area contributed by atoms with Gasteiger partial charge in [-0.25, -0.2) is 13.4 Å². The van der Waals surface area contributed by atoms with Crippen LogP contribution in [0.2, 0.25) is 0 Å². The fourth-order valence-electron chi connectivity index (χ4n) is 3.71. The highest BCUT2D eigenvalue weighted by Gasteiger charge is 2.48. The third kappa shape index (κ3) is 3.01. The number of piperazine rings is 1. The van der Waals surface area contributed by atoms with Gasteiger partial charge in [0.2, 0.25) is 0 Å². The van der Waals surface area contributed by atoms with E-state index in [1.807, 2.05) is 0 Å². The molecule has 0 spiro atoms. The third-order valence-electron chi connectivity index (χ3n) is 4.67. The topological polar surface area (TPSA) is 83.7 Å². The molecule has 2 saturated heterocycles. The first-order valence-electron chi connectivity index (χ1n) is 8.02. The van der Waals surface area contributed by atoms with Crippen LogP contribution in [0.15, 0.2) is 4.42 Å². The van der Waals surface area contributed by atoms with Gasteiger partial charge in [0.25, 0.3) is 5.91 Å². The number of fused-ring (bicyclic) bond motifs is 1. The summed E-state index contributed by atoms with van der Waals surface area (Å²) in [6, 6.07) is -0.393. The molecule has 2 atom stereocenters. The molecule has 0 bridgehead atoms. The Morgan fingerprint density at radius 1 is 1.26 bits per heavy atom. The second kappa shape index (κ2) is 5.90. The van der Waals surface area contributed by atoms with Crippen molar-refractivity contribution >= 4 is 15.7 Å². The monoisotopic (exact) mass is 341 g/mol. The van der Waals surface area contributed by atoms with Gasteiger partial charge in [0, 0.05) is 26.1 Å². The quantitative estimate of drug-likeness (QED) is 0.802. The Morgan fingerprint density at radius 3 is 2.57 bits per heavy atom. The number of hydrogen-bond acceptors (Lipinski definition) is 6. The van der Waals surface area contributed by atoms with Crippen LogP contribution in [0.3, 0.4) is 0 Å². The number of hydrogen-bond donors (Lipinski definition) is 0. The smallest absolute Gasteiger partial charge is 0.276 e. The van der Waals surface area contributed by atoms with Crippen molar-refractivity contribution in [2.75, 3.05) is 31.1 Å². The van der Waals surface area contributed by atoms with Crippen LogP contribution in [0.25, 0.3) is 0 Å². The summed E-state index contributed by atoms with van der Waals surface area (Å²) in [6.45, 7) is 7.58. The lowest BCUT2D eigenvalue weighted by Crippen LogP contribution is -2.60. The Labute approximate surface area is 136 Å². The normalized spacial score (nSPS) is 27.2. The number of aromatic nitrogens is 1. The van der Waals surface area contributed by atoms with Crippen molar-refractivity contribution < 1.29 is 17.6 Å². The molecule has 0 aliphatic carbocycles. The second-order valence-corrected chi connectivity index (χ2v) is 8.54. The van der Waals surface area contributed by atoms with Crippen molar-refractivity contribution in [3.63, 3.8) is 0 Å². The zero-order valence-electron chi connectivity index (χ0n) is 13.8. The van der Waals surface area contributed by atoms with Crippen molar-refractivity contribution in [2.24, 2.45) is 0 Å². The third-order valence-corrected chi connectivity index (χ3v) is 6.37. The van der Waals surface area contributed by atoms with E-state index in [0.29, 0.717) is 30.4 Å². The number of carbonyl (C=O) groups excluding carboxylic acids is 1. The maximum atomic E-state index is 12.8. The molecule has 128 valence electrons. The van der Waals surface area contributed by atoms with Crippen molar-refractivity contribution in [3.05, 3.63) is 17.3 Å². The number of oxazole rings is 1. The molecular weight excluding hydrogens is 318 g/mol. The molecule has 0 aromatic carbocycles. The van der Waals surface area contributed by atoms with Crippen LogP contribution in [0, 0.1) is 13.8 Å². The predicted octanol–water partition coefficient (Wildman–Crippen LogP) is 0.625. The SMILES string of the molecule is CCCN1CCN(C(=O)c2nc(C)oc2C)[C@H]2CS(=O)(=O)C[C@H]21. The molecule has 0 saturated carbocycles. The van der Waals surface area contributed by atoms with E-state index in [9.17, 15) is 13.2 Å². The average Bonchev–Trinajstić information content (AvgIpc) is 2.97. The van der Waals surface area contributed by atoms with E-state index in [1.165, 1.54) is 0 Å². The average molecular weight is 341 g/mol. The summed E-state index contributed by atoms with van der Waals surface area (Å²) in [6.07, 6.45) is 0.971. The molecule has 0 N–H and O–H groups in total. The van der Waals surface area contributed by atoms with Crippen LogP contribution in [0.1, 0.15) is 35.5 Å². The first-order valence-corrected chi connectivity index (χ1v) is 9.84. The van der Waals surface area contributed by atoms with Gasteiger partial charge in [0.15, 0.2) is 21.4 Å². The highest BCUT2D eigenvalue weighted by molar-refractivity contribution is 7.91. The number of carbonyl (C=O) groups is 1. The molecule has 7 nitrogen and oxygen atoms in total. The van der Waals surface area contributed by atoms with Crippen LogP contribution in [-0.2, 0) is 9.84 Å². The Balaban J connectivity index is 1.89. The number of amides is 1. The molecule has 3 rings (SSSR count). The lowest BCUT2D eigenvalue weighted by molar-refractivity contribution is 0.0327. The minimum atomic E-state index is -3.11. The molecule has 8 heteroatoms. The molecule has 2 fully saturated rings. The summed E-state index contributed by atoms with van der Waals surface area (Å²) in [5.74, 6) is 0.896. The Bertz CT molecular complexity index is 712. The van der Waals surface area contributed by atoms with Gasteiger partial charge in [-0.1, -0.05) is 6.92 Å². The van der Waals surface area contributed by atoms with E-state index in [2.05, 4.69) is 16.8 Å². The predicted molar refractivity (Wildman–Crippen MR) is 85.1 cm³/mol. The minimum Gasteiger partial charge on any atom is -0.445 e. The highest BCUT2D eigenvalue weighted by Crippen LogP contribution is 2.28. The van der Waals surface area contributed by atoms with Crippen LogP contribution in [0.4, 0.5) is 0 Å². The van der Waals surface area contributed by atoms with E-state index in [0.717, 1.165) is 13.0 Å². The van der Waals surface area contributed by atoms with Crippen molar-refractivity contribution in [1.82, 2.24) is 14.8 Å². The summed E-state index contributed by atoms with van der Waals surface area (Å²) < 4.78 is 29.6. The number of sulfone groups is 1. The summed E-state index contributed by atoms with van der Waals surface area (Å²) >= 11 is 0. The maximum absolute atomic E-state index is 12.8. The van der Waals surface area contributed by atoms with E-state index in [1.54, 1.807) is 18.7 Å². The molecule has 2 aliphatic heterocycles. The van der Waals surface area contributed by atoms with Crippen molar-refractivity contribution in [3.8, 4) is 0 Å². The van der Waals surface area contributed by atoms with Crippen LogP contribution in [-0.4, -0.2) is 72.3 Å². The van der Waals surface area contributed by atoms with Gasteiger partial charge in [-0.2, -0.15) is 0 Å². The summed E-state index contributed by atoms with van der Waals surface area (Å²) in [5, 5.41) is 0. The molecule has 23 heavy (non-hydrogen) atoms. The van der Waals surface area contributed by atoms with E-state index >= 15 is 0 Å². The van der Waals surface area contributed by atoms with E-state index in [4.69, 9.17) is 4.42 Å². The van der Waals surface area contributed by atoms with Gasteiger partial charge < -0.3 is 9.32 Å². The van der Waals surface area contributed by atoms with Crippen LogP contribution in [0.5, 0.6) is 0 Å². The van der Waals surface area contributed by atoms with Gasteiger partial charge >= 0.3 is 0 Å². The first kappa shape index (κ1) is 16.4. The van der Waals surface area contributed by atoms with Gasteiger partial charge in [0.1, 0.15) is 5.76 Å². The summed E-state index contributed by atoms with van der Waals surface area (Å²) in [7, 11) is -3.11. The number of aryl methyl sites for hydroxylation is 2. The van der Waals surface area contributed by atoms with Crippen molar-refractivity contribution in [2.45, 2.75) is 39.3 Å². The largest absolute Gasteiger partial charge is 0.445 e. The zero-order chi connectivity index (χ0) is 16.8. The standard InChI is InChI=1S/C15H23N3O4S/c1-4-5-17-6-7-18(13-9-23(20,21)8-12(13)17)15(19)14-10(2)22-11(3)16-14/h12-13H,4-9H2,1-3H3/t12-,13+/m1/s1. The Morgan fingerprint density at radius 2 is 1.96 bits per heavy atom. The highest BCUT2D eigenvalue weighted by atomic mass is 32.2. The maximum Gasteiger partial charge on any atom is 0.276 e. The fourth-order valence-corrected chi connectivity index (χ4v) is 5.72. The minimum absolute atomic E-state index is 0.0412. The zero-order valence-corrected chi connectivity index (χ0v) is 14.6. The lowest BCUT2D eigenvalue weighted by atomic mass is 10.0. The molecular formula is C15H23N3O4S. The number of nitrogens with zero attached hydrogens (tertiary/aromatic N) is 3. The Kier molecular flexibility index (Phi) is 4.22. The van der Waals surface area contributed by atoms with Gasteiger partial charge in [-0.15, -0.1) is 0 Å². The van der Waals surface area contributed by atoms with Crippen LogP contribution >= 0.6 is 0 Å². The van der Waals surface area contributed by atoms with Gasteiger partial charge in [0.05, 0.1) is 17.5 Å². The molecule has 3 heterocycles. The molecule has 0 unspecified atom stereocenters. The van der Waals surface area contributed by atoms with Crippen molar-refractivity contribution in [1.29, 1.82) is 0 Å². The summed E-state index contributed by atoms with van der Waals surface area (Å²) in [4.78, 5) is 20.9. The lowest BCUT2D eigenvalue weighted by Gasteiger charge is -2.43. The molecule has 2 aliphatic rings. The molecule has 0 radical (unpaired) electrons. The first-order chi connectivity index (χ1) is 10.8. The second-order valence-electron chi connectivity index (χ2n) is 6.38. The van der Waals surface area contributed by atoms with Crippen LogP contribution < -0.4 is 0 Å². The van der Waals surface area contributed by atoms with E-state index < -0.39 is 9.84 Å². The van der Waals surface area contributed by atoms with Gasteiger partial charge in [-0.3, -0.25) is 9.69 Å². The van der Waals surface area contributed by atoms with E-state index in [-0.39, 0.29) is 29.5 Å². The Hall–Kier alpha value is -1.41. The number of rotatable bonds is 3. The van der Waals surface area contributed by atoms with Gasteiger partial charge in [-0.05, 0) is 19.9 Å².